The predicted octanol–water partition coefficient (Wildman–Crippen LogP) is 3.33. The van der Waals surface area contributed by atoms with Crippen molar-refractivity contribution < 1.29 is 13.2 Å². The molecule has 0 fully saturated rings. The summed E-state index contributed by atoms with van der Waals surface area (Å²) in [7, 11) is 2.02. The Morgan fingerprint density at radius 1 is 1.21 bits per heavy atom. The van der Waals surface area contributed by atoms with Gasteiger partial charge in [-0.3, -0.25) is 0 Å². The minimum Gasteiger partial charge on any atom is -0.357 e. The average Bonchev–Trinajstić information content (AvgIpc) is 2.51. The minimum atomic E-state index is -4.33. The van der Waals surface area contributed by atoms with Gasteiger partial charge in [-0.1, -0.05) is 19.1 Å². The molecule has 138 valence electrons. The Balaban J connectivity index is 0.00000529. The summed E-state index contributed by atoms with van der Waals surface area (Å²) in [5.41, 5.74) is -0.115. The molecule has 0 amide bonds. The maximum Gasteiger partial charge on any atom is 0.416 e. The first-order valence-electron chi connectivity index (χ1n) is 7.73. The number of nitrogens with one attached hydrogen (secondary N) is 2. The van der Waals surface area contributed by atoms with Gasteiger partial charge in [-0.05, 0) is 38.2 Å². The van der Waals surface area contributed by atoms with E-state index in [0.29, 0.717) is 18.1 Å². The number of hydrogen-bond acceptors (Lipinski definition) is 2. The number of alkyl halides is 3. The van der Waals surface area contributed by atoms with E-state index in [9.17, 15) is 13.2 Å². The second-order valence-corrected chi connectivity index (χ2v) is 5.22. The molecular weight excluding hydrogens is 432 g/mol. The van der Waals surface area contributed by atoms with Crippen molar-refractivity contribution in [1.82, 2.24) is 15.5 Å². The normalized spacial score (nSPS) is 12.0. The van der Waals surface area contributed by atoms with Crippen LogP contribution in [0, 0.1) is 0 Å². The second kappa shape index (κ2) is 11.5. The van der Waals surface area contributed by atoms with Crippen LogP contribution in [0.25, 0.3) is 0 Å². The van der Waals surface area contributed by atoms with E-state index in [0.717, 1.165) is 31.8 Å². The molecule has 0 aromatic heterocycles. The second-order valence-electron chi connectivity index (χ2n) is 5.22. The summed E-state index contributed by atoms with van der Waals surface area (Å²) >= 11 is 0. The van der Waals surface area contributed by atoms with E-state index in [1.54, 1.807) is 6.07 Å². The standard InChI is InChI=1S/C16H25F3N4.HI/c1-4-20-15(21-9-10-23(3)5-2)22-12-13-7-6-8-14(11-13)16(17,18)19;/h6-8,11H,4-5,9-10,12H2,1-3H3,(H2,20,21,22);1H. The first-order chi connectivity index (χ1) is 10.9. The molecule has 0 spiro atoms. The molecule has 0 atom stereocenters. The molecule has 0 radical (unpaired) electrons. The zero-order valence-corrected chi connectivity index (χ0v) is 16.6. The summed E-state index contributed by atoms with van der Waals surface area (Å²) in [4.78, 5) is 6.49. The fourth-order valence-electron chi connectivity index (χ4n) is 1.88. The van der Waals surface area contributed by atoms with Gasteiger partial charge >= 0.3 is 6.18 Å². The zero-order chi connectivity index (χ0) is 17.3. The molecule has 1 rings (SSSR count). The maximum absolute atomic E-state index is 12.7. The Kier molecular flexibility index (Phi) is 11.0. The molecule has 24 heavy (non-hydrogen) atoms. The molecule has 0 aliphatic rings. The molecule has 0 saturated heterocycles. The SMILES string of the molecule is CCNC(=NCc1cccc(C(F)(F)F)c1)NCCN(C)CC.I. The lowest BCUT2D eigenvalue weighted by atomic mass is 10.1. The van der Waals surface area contributed by atoms with Crippen molar-refractivity contribution >= 4 is 29.9 Å². The Bertz CT molecular complexity index is 506. The molecule has 4 nitrogen and oxygen atoms in total. The van der Waals surface area contributed by atoms with Crippen molar-refractivity contribution in [3.63, 3.8) is 0 Å². The number of likely N-dealkylation sites (N-methyl/N-ethyl adjacent to an activating group) is 1. The highest BCUT2D eigenvalue weighted by atomic mass is 127. The fraction of sp³-hybridized carbons (Fsp3) is 0.562. The van der Waals surface area contributed by atoms with Crippen LogP contribution in [-0.2, 0) is 12.7 Å². The van der Waals surface area contributed by atoms with Crippen LogP contribution in [0.2, 0.25) is 0 Å². The van der Waals surface area contributed by atoms with Crippen LogP contribution in [0.3, 0.4) is 0 Å². The van der Waals surface area contributed by atoms with E-state index in [4.69, 9.17) is 0 Å². The van der Waals surface area contributed by atoms with Gasteiger partial charge < -0.3 is 15.5 Å². The van der Waals surface area contributed by atoms with Crippen LogP contribution in [0.15, 0.2) is 29.3 Å². The van der Waals surface area contributed by atoms with Gasteiger partial charge in [-0.25, -0.2) is 4.99 Å². The lowest BCUT2D eigenvalue weighted by molar-refractivity contribution is -0.137. The molecule has 0 saturated carbocycles. The fourth-order valence-corrected chi connectivity index (χ4v) is 1.88. The molecular formula is C16H26F3IN4. The third-order valence-electron chi connectivity index (χ3n) is 3.34. The van der Waals surface area contributed by atoms with Crippen molar-refractivity contribution in [3.05, 3.63) is 35.4 Å². The molecule has 1 aromatic carbocycles. The lowest BCUT2D eigenvalue weighted by Gasteiger charge is -2.16. The summed E-state index contributed by atoms with van der Waals surface area (Å²) in [6.07, 6.45) is -4.33. The van der Waals surface area contributed by atoms with Gasteiger partial charge in [-0.2, -0.15) is 13.2 Å². The van der Waals surface area contributed by atoms with E-state index >= 15 is 0 Å². The quantitative estimate of drug-likeness (QED) is 0.374. The Hall–Kier alpha value is -1.03. The van der Waals surface area contributed by atoms with E-state index < -0.39 is 11.7 Å². The average molecular weight is 458 g/mol. The largest absolute Gasteiger partial charge is 0.416 e. The minimum absolute atomic E-state index is 0. The smallest absolute Gasteiger partial charge is 0.357 e. The highest BCUT2D eigenvalue weighted by molar-refractivity contribution is 14.0. The van der Waals surface area contributed by atoms with Crippen LogP contribution >= 0.6 is 24.0 Å². The monoisotopic (exact) mass is 458 g/mol. The van der Waals surface area contributed by atoms with Crippen molar-refractivity contribution in [3.8, 4) is 0 Å². The molecule has 1 aromatic rings. The predicted molar refractivity (Wildman–Crippen MR) is 103 cm³/mol. The van der Waals surface area contributed by atoms with Crippen LogP contribution < -0.4 is 10.6 Å². The van der Waals surface area contributed by atoms with Crippen molar-refractivity contribution in [2.45, 2.75) is 26.6 Å². The number of rotatable bonds is 7. The third-order valence-corrected chi connectivity index (χ3v) is 3.34. The van der Waals surface area contributed by atoms with Gasteiger partial charge in [0.05, 0.1) is 12.1 Å². The number of halogens is 4. The number of aliphatic imine (C=N–C) groups is 1. The lowest BCUT2D eigenvalue weighted by Crippen LogP contribution is -2.40. The summed E-state index contributed by atoms with van der Waals surface area (Å²) < 4.78 is 38.1. The molecule has 8 heteroatoms. The maximum atomic E-state index is 12.7. The number of hydrogen-bond donors (Lipinski definition) is 2. The van der Waals surface area contributed by atoms with E-state index in [-0.39, 0.29) is 30.5 Å². The Labute approximate surface area is 158 Å². The first-order valence-corrected chi connectivity index (χ1v) is 7.73. The number of nitrogens with zero attached hydrogens (tertiary/aromatic N) is 2. The first kappa shape index (κ1) is 23.0. The van der Waals surface area contributed by atoms with Gasteiger partial charge in [0.2, 0.25) is 0 Å². The van der Waals surface area contributed by atoms with Gasteiger partial charge in [0, 0.05) is 19.6 Å². The topological polar surface area (TPSA) is 39.7 Å². The summed E-state index contributed by atoms with van der Waals surface area (Å²) in [5.74, 6) is 0.606. The van der Waals surface area contributed by atoms with Crippen molar-refractivity contribution in [2.24, 2.45) is 4.99 Å². The molecule has 2 N–H and O–H groups in total. The summed E-state index contributed by atoms with van der Waals surface area (Å²) in [6.45, 7) is 7.45. The summed E-state index contributed by atoms with van der Waals surface area (Å²) in [5, 5.41) is 6.26. The van der Waals surface area contributed by atoms with Crippen molar-refractivity contribution in [1.29, 1.82) is 0 Å². The number of guanidine groups is 1. The van der Waals surface area contributed by atoms with Crippen LogP contribution in [0.4, 0.5) is 13.2 Å². The zero-order valence-electron chi connectivity index (χ0n) is 14.3. The third kappa shape index (κ3) is 8.72. The van der Waals surface area contributed by atoms with Gasteiger partial charge in [-0.15, -0.1) is 24.0 Å². The van der Waals surface area contributed by atoms with Crippen molar-refractivity contribution in [2.75, 3.05) is 33.2 Å². The van der Waals surface area contributed by atoms with Crippen LogP contribution in [0.5, 0.6) is 0 Å². The highest BCUT2D eigenvalue weighted by Crippen LogP contribution is 2.29. The van der Waals surface area contributed by atoms with Crippen LogP contribution in [-0.4, -0.2) is 44.1 Å². The van der Waals surface area contributed by atoms with Gasteiger partial charge in [0.15, 0.2) is 5.96 Å². The van der Waals surface area contributed by atoms with Gasteiger partial charge in [0.1, 0.15) is 0 Å². The Morgan fingerprint density at radius 2 is 1.92 bits per heavy atom. The van der Waals surface area contributed by atoms with E-state index in [2.05, 4.69) is 27.4 Å². The van der Waals surface area contributed by atoms with Crippen LogP contribution in [0.1, 0.15) is 25.0 Å². The molecule has 0 unspecified atom stereocenters. The Morgan fingerprint density at radius 3 is 2.50 bits per heavy atom. The molecule has 0 heterocycles. The van der Waals surface area contributed by atoms with Gasteiger partial charge in [0.25, 0.3) is 0 Å². The van der Waals surface area contributed by atoms with E-state index in [1.807, 2.05) is 14.0 Å². The molecule has 0 bridgehead atoms. The number of benzene rings is 1. The molecule has 0 aliphatic carbocycles. The highest BCUT2D eigenvalue weighted by Gasteiger charge is 2.30. The van der Waals surface area contributed by atoms with E-state index in [1.165, 1.54) is 6.07 Å². The summed E-state index contributed by atoms with van der Waals surface area (Å²) in [6, 6.07) is 5.26. The molecule has 0 aliphatic heterocycles.